The molecule has 100 valence electrons. The number of benzene rings is 1. The standard InChI is InChI=1S/C13H15N3O3/c14-6-1-7-16-12(13(18)19)8-11(15-16)9-2-4-10(17)5-3-9/h2-5,8,17H,1,6-7,14H2,(H,18,19). The second-order valence-corrected chi connectivity index (χ2v) is 4.13. The van der Waals surface area contributed by atoms with Crippen LogP contribution in [0.1, 0.15) is 16.9 Å². The Kier molecular flexibility index (Phi) is 3.82. The highest BCUT2D eigenvalue weighted by molar-refractivity contribution is 5.87. The molecule has 2 rings (SSSR count). The van der Waals surface area contributed by atoms with Crippen molar-refractivity contribution in [3.63, 3.8) is 0 Å². The van der Waals surface area contributed by atoms with Crippen molar-refractivity contribution >= 4 is 5.97 Å². The summed E-state index contributed by atoms with van der Waals surface area (Å²) in [6.45, 7) is 0.948. The van der Waals surface area contributed by atoms with E-state index >= 15 is 0 Å². The van der Waals surface area contributed by atoms with Gasteiger partial charge in [-0.25, -0.2) is 4.79 Å². The average Bonchev–Trinajstić information content (AvgIpc) is 2.81. The van der Waals surface area contributed by atoms with Crippen molar-refractivity contribution in [2.24, 2.45) is 5.73 Å². The number of phenolic OH excluding ortho intramolecular Hbond substituents is 1. The van der Waals surface area contributed by atoms with Crippen LogP contribution in [0.25, 0.3) is 11.3 Å². The number of nitrogens with two attached hydrogens (primary N) is 1. The molecule has 0 aliphatic rings. The van der Waals surface area contributed by atoms with E-state index in [2.05, 4.69) is 5.10 Å². The third-order valence-electron chi connectivity index (χ3n) is 2.74. The fourth-order valence-corrected chi connectivity index (χ4v) is 1.77. The maximum absolute atomic E-state index is 11.2. The quantitative estimate of drug-likeness (QED) is 0.753. The molecule has 0 bridgehead atoms. The van der Waals surface area contributed by atoms with Gasteiger partial charge in [0.25, 0.3) is 0 Å². The summed E-state index contributed by atoms with van der Waals surface area (Å²) >= 11 is 0. The second-order valence-electron chi connectivity index (χ2n) is 4.13. The Bertz CT molecular complexity index is 575. The number of aromatic hydroxyl groups is 1. The van der Waals surface area contributed by atoms with Crippen LogP contribution in [0, 0.1) is 0 Å². The number of hydrogen-bond acceptors (Lipinski definition) is 4. The van der Waals surface area contributed by atoms with Crippen molar-refractivity contribution in [2.45, 2.75) is 13.0 Å². The van der Waals surface area contributed by atoms with Crippen LogP contribution in [-0.2, 0) is 6.54 Å². The van der Waals surface area contributed by atoms with Gasteiger partial charge in [0.05, 0.1) is 5.69 Å². The van der Waals surface area contributed by atoms with E-state index in [1.807, 2.05) is 0 Å². The van der Waals surface area contributed by atoms with Gasteiger partial charge in [-0.3, -0.25) is 4.68 Å². The maximum Gasteiger partial charge on any atom is 0.354 e. The zero-order valence-electron chi connectivity index (χ0n) is 10.3. The van der Waals surface area contributed by atoms with E-state index in [0.29, 0.717) is 25.2 Å². The summed E-state index contributed by atoms with van der Waals surface area (Å²) in [4.78, 5) is 11.2. The number of carboxylic acid groups (broad SMARTS) is 1. The summed E-state index contributed by atoms with van der Waals surface area (Å²) < 4.78 is 1.44. The van der Waals surface area contributed by atoms with Gasteiger partial charge in [0, 0.05) is 12.1 Å². The predicted molar refractivity (Wildman–Crippen MR) is 70.0 cm³/mol. The zero-order valence-corrected chi connectivity index (χ0v) is 10.3. The predicted octanol–water partition coefficient (Wildman–Crippen LogP) is 1.30. The Balaban J connectivity index is 2.36. The van der Waals surface area contributed by atoms with Gasteiger partial charge < -0.3 is 15.9 Å². The van der Waals surface area contributed by atoms with Crippen LogP contribution in [0.2, 0.25) is 0 Å². The van der Waals surface area contributed by atoms with Crippen LogP contribution in [0.3, 0.4) is 0 Å². The summed E-state index contributed by atoms with van der Waals surface area (Å²) in [5.74, 6) is -0.862. The van der Waals surface area contributed by atoms with E-state index in [4.69, 9.17) is 10.8 Å². The van der Waals surface area contributed by atoms with Gasteiger partial charge in [0.2, 0.25) is 0 Å². The summed E-state index contributed by atoms with van der Waals surface area (Å²) in [6.07, 6.45) is 0.664. The molecule has 0 amide bonds. The van der Waals surface area contributed by atoms with Gasteiger partial charge in [0.1, 0.15) is 11.4 Å². The van der Waals surface area contributed by atoms with Gasteiger partial charge in [-0.1, -0.05) is 0 Å². The normalized spacial score (nSPS) is 10.6. The third-order valence-corrected chi connectivity index (χ3v) is 2.74. The van der Waals surface area contributed by atoms with Crippen molar-refractivity contribution in [1.29, 1.82) is 0 Å². The fourth-order valence-electron chi connectivity index (χ4n) is 1.77. The van der Waals surface area contributed by atoms with E-state index in [9.17, 15) is 9.90 Å². The van der Waals surface area contributed by atoms with Crippen LogP contribution < -0.4 is 5.73 Å². The first-order chi connectivity index (χ1) is 9.11. The molecule has 6 heteroatoms. The number of phenols is 1. The highest BCUT2D eigenvalue weighted by Gasteiger charge is 2.14. The summed E-state index contributed by atoms with van der Waals surface area (Å²) in [7, 11) is 0. The largest absolute Gasteiger partial charge is 0.508 e. The Morgan fingerprint density at radius 1 is 1.32 bits per heavy atom. The molecule has 4 N–H and O–H groups in total. The Labute approximate surface area is 110 Å². The molecule has 0 radical (unpaired) electrons. The topological polar surface area (TPSA) is 101 Å². The smallest absolute Gasteiger partial charge is 0.354 e. The van der Waals surface area contributed by atoms with Crippen molar-refractivity contribution in [2.75, 3.05) is 6.54 Å². The van der Waals surface area contributed by atoms with Gasteiger partial charge in [-0.2, -0.15) is 5.10 Å². The van der Waals surface area contributed by atoms with Gasteiger partial charge in [-0.15, -0.1) is 0 Å². The van der Waals surface area contributed by atoms with Gasteiger partial charge >= 0.3 is 5.97 Å². The lowest BCUT2D eigenvalue weighted by atomic mass is 10.1. The number of aromatic carboxylic acids is 1. The second kappa shape index (κ2) is 5.53. The molecule has 0 unspecified atom stereocenters. The van der Waals surface area contributed by atoms with Crippen LogP contribution in [0.15, 0.2) is 30.3 Å². The minimum atomic E-state index is -1.02. The van der Waals surface area contributed by atoms with Crippen LogP contribution in [0.4, 0.5) is 0 Å². The lowest BCUT2D eigenvalue weighted by molar-refractivity contribution is 0.0683. The SMILES string of the molecule is NCCCn1nc(-c2ccc(O)cc2)cc1C(=O)O. The van der Waals surface area contributed by atoms with E-state index < -0.39 is 5.97 Å². The van der Waals surface area contributed by atoms with E-state index in [-0.39, 0.29) is 11.4 Å². The molecule has 0 saturated carbocycles. The first-order valence-electron chi connectivity index (χ1n) is 5.92. The number of carbonyl (C=O) groups is 1. The third kappa shape index (κ3) is 2.92. The van der Waals surface area contributed by atoms with Crippen molar-refractivity contribution in [3.8, 4) is 17.0 Å². The molecular formula is C13H15N3O3. The monoisotopic (exact) mass is 261 g/mol. The molecule has 0 aliphatic heterocycles. The molecule has 0 spiro atoms. The number of aromatic nitrogens is 2. The lowest BCUT2D eigenvalue weighted by Crippen LogP contribution is -2.12. The fraction of sp³-hybridized carbons (Fsp3) is 0.231. The summed E-state index contributed by atoms with van der Waals surface area (Å²) in [5, 5.41) is 22.6. The molecule has 1 aromatic carbocycles. The Morgan fingerprint density at radius 2 is 2.00 bits per heavy atom. The molecule has 0 saturated heterocycles. The molecule has 0 aliphatic carbocycles. The van der Waals surface area contributed by atoms with Gasteiger partial charge in [-0.05, 0) is 43.3 Å². The average molecular weight is 261 g/mol. The Morgan fingerprint density at radius 3 is 2.58 bits per heavy atom. The van der Waals surface area contributed by atoms with E-state index in [0.717, 1.165) is 5.56 Å². The van der Waals surface area contributed by atoms with E-state index in [1.54, 1.807) is 12.1 Å². The highest BCUT2D eigenvalue weighted by Crippen LogP contribution is 2.21. The molecule has 1 heterocycles. The first kappa shape index (κ1) is 13.1. The van der Waals surface area contributed by atoms with Gasteiger partial charge in [0.15, 0.2) is 0 Å². The minimum absolute atomic E-state index is 0.136. The molecule has 2 aromatic rings. The first-order valence-corrected chi connectivity index (χ1v) is 5.92. The highest BCUT2D eigenvalue weighted by atomic mass is 16.4. The minimum Gasteiger partial charge on any atom is -0.508 e. The molecule has 0 fully saturated rings. The van der Waals surface area contributed by atoms with E-state index in [1.165, 1.54) is 22.9 Å². The molecular weight excluding hydrogens is 246 g/mol. The lowest BCUT2D eigenvalue weighted by Gasteiger charge is -2.02. The van der Waals surface area contributed by atoms with Crippen LogP contribution in [-0.4, -0.2) is 32.5 Å². The van der Waals surface area contributed by atoms with Crippen LogP contribution in [0.5, 0.6) is 5.75 Å². The van der Waals surface area contributed by atoms with Crippen molar-refractivity contribution in [3.05, 3.63) is 36.0 Å². The molecule has 6 nitrogen and oxygen atoms in total. The maximum atomic E-state index is 11.2. The number of aryl methyl sites for hydroxylation is 1. The summed E-state index contributed by atoms with van der Waals surface area (Å²) in [5.41, 5.74) is 6.88. The number of carboxylic acids is 1. The number of hydrogen-bond donors (Lipinski definition) is 3. The molecule has 0 atom stereocenters. The van der Waals surface area contributed by atoms with Crippen molar-refractivity contribution in [1.82, 2.24) is 9.78 Å². The molecule has 19 heavy (non-hydrogen) atoms. The Hall–Kier alpha value is -2.34. The molecule has 1 aromatic heterocycles. The number of rotatable bonds is 5. The van der Waals surface area contributed by atoms with Crippen molar-refractivity contribution < 1.29 is 15.0 Å². The number of nitrogens with zero attached hydrogens (tertiary/aromatic N) is 2. The zero-order chi connectivity index (χ0) is 13.8. The van der Waals surface area contributed by atoms with Crippen LogP contribution >= 0.6 is 0 Å². The summed E-state index contributed by atoms with van der Waals surface area (Å²) in [6, 6.07) is 7.97.